The fourth-order valence-corrected chi connectivity index (χ4v) is 3.48. The number of fused-ring (bicyclic) bond motifs is 2. The van der Waals surface area contributed by atoms with Crippen molar-refractivity contribution in [2.75, 3.05) is 27.4 Å². The number of hydrogen-bond acceptors (Lipinski definition) is 7. The number of nitrogens with zero attached hydrogens (tertiary/aromatic N) is 4. The molecule has 1 amide bonds. The first-order valence-electron chi connectivity index (χ1n) is 9.43. The van der Waals surface area contributed by atoms with Crippen LogP contribution in [0.1, 0.15) is 0 Å². The van der Waals surface area contributed by atoms with Gasteiger partial charge in [-0.3, -0.25) is 4.68 Å². The maximum Gasteiger partial charge on any atom is 0.413 e. The molecular formula is C20H21ClN6O4. The van der Waals surface area contributed by atoms with E-state index < -0.39 is 6.09 Å². The second kappa shape index (κ2) is 8.88. The van der Waals surface area contributed by atoms with Crippen LogP contribution in [0.25, 0.3) is 33.5 Å². The van der Waals surface area contributed by atoms with Gasteiger partial charge < -0.3 is 24.5 Å². The quantitative estimate of drug-likeness (QED) is 0.450. The summed E-state index contributed by atoms with van der Waals surface area (Å²) in [5, 5.41) is 8.77. The molecule has 0 saturated heterocycles. The van der Waals surface area contributed by atoms with Gasteiger partial charge in [-0.25, -0.2) is 14.8 Å². The number of carbonyl (C=O) groups is 1. The molecule has 4 rings (SSSR count). The van der Waals surface area contributed by atoms with Crippen LogP contribution in [0.2, 0.25) is 5.02 Å². The number of aromatic amines is 1. The number of benzene rings is 1. The lowest BCUT2D eigenvalue weighted by molar-refractivity contribution is 0.101. The molecule has 3 heterocycles. The van der Waals surface area contributed by atoms with E-state index in [0.717, 1.165) is 10.9 Å². The summed E-state index contributed by atoms with van der Waals surface area (Å²) in [5.74, 6) is 0.249. The molecule has 0 aliphatic heterocycles. The molecule has 1 aromatic carbocycles. The summed E-state index contributed by atoms with van der Waals surface area (Å²) in [7, 11) is 4.92. The van der Waals surface area contributed by atoms with Crippen molar-refractivity contribution >= 4 is 39.8 Å². The second-order valence-electron chi connectivity index (χ2n) is 6.88. The number of aromatic nitrogens is 5. The van der Waals surface area contributed by atoms with Crippen molar-refractivity contribution < 1.29 is 19.0 Å². The Kier molecular flexibility index (Phi) is 6.03. The lowest BCUT2D eigenvalue weighted by Crippen LogP contribution is -2.42. The molecule has 0 unspecified atom stereocenters. The van der Waals surface area contributed by atoms with Gasteiger partial charge in [-0.15, -0.1) is 0 Å². The first kappa shape index (κ1) is 21.0. The molecule has 0 radical (unpaired) electrons. The molecule has 0 aliphatic rings. The van der Waals surface area contributed by atoms with Crippen LogP contribution < -0.4 is 10.1 Å². The molecular weight excluding hydrogens is 424 g/mol. The van der Waals surface area contributed by atoms with E-state index in [1.54, 1.807) is 31.2 Å². The highest BCUT2D eigenvalue weighted by Gasteiger charge is 2.19. The summed E-state index contributed by atoms with van der Waals surface area (Å²) < 4.78 is 17.3. The predicted octanol–water partition coefficient (Wildman–Crippen LogP) is 2.91. The summed E-state index contributed by atoms with van der Waals surface area (Å²) >= 11 is 6.11. The minimum absolute atomic E-state index is 0.249. The molecule has 0 spiro atoms. The minimum atomic E-state index is -0.648. The van der Waals surface area contributed by atoms with Gasteiger partial charge >= 0.3 is 6.09 Å². The number of ether oxygens (including phenoxy) is 3. The second-order valence-corrected chi connectivity index (χ2v) is 7.32. The Bertz CT molecular complexity index is 1230. The van der Waals surface area contributed by atoms with Crippen molar-refractivity contribution in [1.82, 2.24) is 30.0 Å². The largest absolute Gasteiger partial charge is 0.413 e. The summed E-state index contributed by atoms with van der Waals surface area (Å²) in [6.07, 6.45) is 2.50. The molecule has 31 heavy (non-hydrogen) atoms. The monoisotopic (exact) mass is 444 g/mol. The number of carbonyl (C=O) groups excluding carboxylic acids is 1. The van der Waals surface area contributed by atoms with Gasteiger partial charge in [-0.2, -0.15) is 5.10 Å². The maximum atomic E-state index is 12.3. The lowest BCUT2D eigenvalue weighted by atomic mass is 10.2. The van der Waals surface area contributed by atoms with Crippen molar-refractivity contribution in [2.24, 2.45) is 7.05 Å². The van der Waals surface area contributed by atoms with Crippen LogP contribution in [0.3, 0.4) is 0 Å². The number of nitrogens with one attached hydrogen (secondary N) is 2. The fourth-order valence-electron chi connectivity index (χ4n) is 3.31. The number of amides is 1. The van der Waals surface area contributed by atoms with Crippen molar-refractivity contribution in [2.45, 2.75) is 6.04 Å². The Hall–Kier alpha value is -3.21. The molecule has 162 valence electrons. The number of methoxy groups -OCH3 is 2. The third kappa shape index (κ3) is 4.31. The number of hydrogen-bond donors (Lipinski definition) is 2. The standard InChI is InChI=1S/C20H21ClN6O4/c1-27-15-6-11(21)4-5-13(15)17(26-27)14-7-22-19-18(25-14)16(8-23-19)31-20(28)24-12(9-29-2)10-30-3/h4-8,12H,9-10H2,1-3H3,(H,22,23)(H,24,28). The molecule has 10 nitrogen and oxygen atoms in total. The Morgan fingerprint density at radius 2 is 2.06 bits per heavy atom. The van der Waals surface area contributed by atoms with E-state index in [1.807, 2.05) is 19.2 Å². The van der Waals surface area contributed by atoms with Crippen LogP contribution in [0.15, 0.2) is 30.6 Å². The minimum Gasteiger partial charge on any atom is -0.406 e. The number of halogens is 1. The third-order valence-electron chi connectivity index (χ3n) is 4.66. The van der Waals surface area contributed by atoms with Gasteiger partial charge in [0, 0.05) is 37.9 Å². The van der Waals surface area contributed by atoms with Gasteiger partial charge in [0.15, 0.2) is 16.9 Å². The van der Waals surface area contributed by atoms with Gasteiger partial charge in [-0.05, 0) is 18.2 Å². The Morgan fingerprint density at radius 3 is 2.81 bits per heavy atom. The van der Waals surface area contributed by atoms with Crippen LogP contribution in [-0.4, -0.2) is 64.3 Å². The van der Waals surface area contributed by atoms with E-state index >= 15 is 0 Å². The van der Waals surface area contributed by atoms with E-state index in [2.05, 4.69) is 25.4 Å². The number of rotatable bonds is 7. The number of aryl methyl sites for hydroxylation is 1. The molecule has 4 aromatic rings. The molecule has 0 aliphatic carbocycles. The Balaban J connectivity index is 1.64. The first-order valence-corrected chi connectivity index (χ1v) is 9.81. The SMILES string of the molecule is COCC(COC)NC(=O)Oc1c[nH]c2ncc(-c3nn(C)c4cc(Cl)ccc34)nc12. The van der Waals surface area contributed by atoms with E-state index in [4.69, 9.17) is 25.8 Å². The van der Waals surface area contributed by atoms with E-state index in [0.29, 0.717) is 27.6 Å². The van der Waals surface area contributed by atoms with Gasteiger partial charge in [0.25, 0.3) is 0 Å². The average molecular weight is 445 g/mol. The molecule has 3 aromatic heterocycles. The van der Waals surface area contributed by atoms with Crippen LogP contribution in [0.5, 0.6) is 5.75 Å². The third-order valence-corrected chi connectivity index (χ3v) is 4.90. The van der Waals surface area contributed by atoms with E-state index in [1.165, 1.54) is 6.20 Å². The Labute approximate surface area is 182 Å². The zero-order valence-corrected chi connectivity index (χ0v) is 17.9. The molecule has 11 heteroatoms. The molecule has 0 bridgehead atoms. The van der Waals surface area contributed by atoms with Crippen molar-refractivity contribution in [1.29, 1.82) is 0 Å². The summed E-state index contributed by atoms with van der Waals surface area (Å²) in [5.41, 5.74) is 2.97. The zero-order valence-electron chi connectivity index (χ0n) is 17.2. The average Bonchev–Trinajstić information content (AvgIpc) is 3.29. The highest BCUT2D eigenvalue weighted by molar-refractivity contribution is 6.31. The van der Waals surface area contributed by atoms with Gasteiger partial charge in [0.2, 0.25) is 0 Å². The van der Waals surface area contributed by atoms with E-state index in [9.17, 15) is 4.79 Å². The smallest absolute Gasteiger partial charge is 0.406 e. The van der Waals surface area contributed by atoms with Crippen LogP contribution >= 0.6 is 11.6 Å². The molecule has 0 atom stereocenters. The van der Waals surface area contributed by atoms with Crippen molar-refractivity contribution in [3.8, 4) is 17.1 Å². The topological polar surface area (TPSA) is 116 Å². The summed E-state index contributed by atoms with van der Waals surface area (Å²) in [6.45, 7) is 0.578. The highest BCUT2D eigenvalue weighted by atomic mass is 35.5. The molecule has 0 fully saturated rings. The summed E-state index contributed by atoms with van der Waals surface area (Å²) in [6, 6.07) is 5.18. The predicted molar refractivity (Wildman–Crippen MR) is 115 cm³/mol. The lowest BCUT2D eigenvalue weighted by Gasteiger charge is -2.16. The van der Waals surface area contributed by atoms with Crippen molar-refractivity contribution in [3.63, 3.8) is 0 Å². The van der Waals surface area contributed by atoms with E-state index in [-0.39, 0.29) is 25.0 Å². The van der Waals surface area contributed by atoms with Crippen LogP contribution in [0.4, 0.5) is 4.79 Å². The van der Waals surface area contributed by atoms with Gasteiger partial charge in [0.05, 0.1) is 31.0 Å². The van der Waals surface area contributed by atoms with Crippen LogP contribution in [0, 0.1) is 0 Å². The number of H-pyrrole nitrogens is 1. The highest BCUT2D eigenvalue weighted by Crippen LogP contribution is 2.30. The maximum absolute atomic E-state index is 12.3. The summed E-state index contributed by atoms with van der Waals surface area (Å²) in [4.78, 5) is 24.3. The fraction of sp³-hybridized carbons (Fsp3) is 0.300. The van der Waals surface area contributed by atoms with Gasteiger partial charge in [0.1, 0.15) is 11.4 Å². The zero-order chi connectivity index (χ0) is 22.0. The van der Waals surface area contributed by atoms with Gasteiger partial charge in [-0.1, -0.05) is 11.6 Å². The first-order chi connectivity index (χ1) is 15.0. The molecule has 2 N–H and O–H groups in total. The van der Waals surface area contributed by atoms with Crippen molar-refractivity contribution in [3.05, 3.63) is 35.6 Å². The Morgan fingerprint density at radius 1 is 1.29 bits per heavy atom. The van der Waals surface area contributed by atoms with Crippen LogP contribution in [-0.2, 0) is 16.5 Å². The normalized spacial score (nSPS) is 11.5. The molecule has 0 saturated carbocycles.